The number of carbonyl (C=O) groups excluding carboxylic acids is 2. The van der Waals surface area contributed by atoms with Crippen LogP contribution in [-0.4, -0.2) is 32.0 Å². The average molecular weight is 334 g/mol. The predicted octanol–water partition coefficient (Wildman–Crippen LogP) is 2.60. The molecule has 0 bridgehead atoms. The summed E-state index contributed by atoms with van der Waals surface area (Å²) in [5.74, 6) is 0.862. The third-order valence-corrected chi connectivity index (χ3v) is 3.70. The normalized spacial score (nSPS) is 11.0. The van der Waals surface area contributed by atoms with Crippen molar-refractivity contribution in [3.63, 3.8) is 0 Å². The number of hydrogen-bond acceptors (Lipinski definition) is 3. The van der Waals surface area contributed by atoms with Crippen LogP contribution in [0.15, 0.2) is 18.2 Å². The molecule has 0 aliphatic heterocycles. The summed E-state index contributed by atoms with van der Waals surface area (Å²) in [5, 5.41) is 5.76. The molecule has 0 unspecified atom stereocenters. The van der Waals surface area contributed by atoms with Gasteiger partial charge in [-0.05, 0) is 31.4 Å². The first-order chi connectivity index (χ1) is 11.2. The van der Waals surface area contributed by atoms with Crippen molar-refractivity contribution in [2.75, 3.05) is 20.2 Å². The molecule has 0 saturated heterocycles. The Labute approximate surface area is 145 Å². The third-order valence-electron chi connectivity index (χ3n) is 3.70. The van der Waals surface area contributed by atoms with Crippen molar-refractivity contribution < 1.29 is 14.3 Å². The molecular weight excluding hydrogens is 304 g/mol. The van der Waals surface area contributed by atoms with Crippen molar-refractivity contribution in [1.29, 1.82) is 0 Å². The van der Waals surface area contributed by atoms with E-state index in [0.717, 1.165) is 17.7 Å². The van der Waals surface area contributed by atoms with Gasteiger partial charge in [0.25, 0.3) is 0 Å². The molecule has 0 heterocycles. The lowest BCUT2D eigenvalue weighted by Gasteiger charge is -2.17. The lowest BCUT2D eigenvalue weighted by Crippen LogP contribution is -2.35. The number of amides is 2. The average Bonchev–Trinajstić information content (AvgIpc) is 2.50. The van der Waals surface area contributed by atoms with Gasteiger partial charge in [-0.3, -0.25) is 9.59 Å². The Balaban J connectivity index is 2.25. The van der Waals surface area contributed by atoms with Crippen LogP contribution in [0.4, 0.5) is 0 Å². The number of nitrogens with one attached hydrogen (secondary N) is 2. The van der Waals surface area contributed by atoms with Crippen LogP contribution in [0.2, 0.25) is 0 Å². The first kappa shape index (κ1) is 20.0. The van der Waals surface area contributed by atoms with Gasteiger partial charge in [-0.25, -0.2) is 0 Å². The Morgan fingerprint density at radius 2 is 1.83 bits per heavy atom. The van der Waals surface area contributed by atoms with E-state index in [4.69, 9.17) is 4.74 Å². The Hall–Kier alpha value is -2.04. The van der Waals surface area contributed by atoms with Gasteiger partial charge in [0.05, 0.1) is 7.11 Å². The summed E-state index contributed by atoms with van der Waals surface area (Å²) in [5.41, 5.74) is 1.87. The van der Waals surface area contributed by atoms with Gasteiger partial charge in [0.2, 0.25) is 11.8 Å². The lowest BCUT2D eigenvalue weighted by molar-refractivity contribution is -0.128. The zero-order valence-electron chi connectivity index (χ0n) is 15.5. The highest BCUT2D eigenvalue weighted by atomic mass is 16.5. The van der Waals surface area contributed by atoms with Gasteiger partial charge in [0.1, 0.15) is 5.75 Å². The van der Waals surface area contributed by atoms with E-state index in [0.29, 0.717) is 25.9 Å². The number of ether oxygens (including phenoxy) is 1. The van der Waals surface area contributed by atoms with Gasteiger partial charge >= 0.3 is 0 Å². The number of aryl methyl sites for hydroxylation is 1. The summed E-state index contributed by atoms with van der Waals surface area (Å²) in [6.07, 6.45) is 1.79. The number of carbonyl (C=O) groups is 2. The molecule has 1 rings (SSSR count). The molecule has 2 amide bonds. The summed E-state index contributed by atoms with van der Waals surface area (Å²) in [6, 6.07) is 6.03. The second-order valence-electron chi connectivity index (χ2n) is 7.02. The molecule has 0 radical (unpaired) electrons. The van der Waals surface area contributed by atoms with Gasteiger partial charge in [-0.1, -0.05) is 38.5 Å². The van der Waals surface area contributed by atoms with Crippen LogP contribution < -0.4 is 15.4 Å². The fourth-order valence-corrected chi connectivity index (χ4v) is 2.24. The second-order valence-corrected chi connectivity index (χ2v) is 7.02. The maximum Gasteiger partial charge on any atom is 0.225 e. The van der Waals surface area contributed by atoms with E-state index in [-0.39, 0.29) is 11.8 Å². The van der Waals surface area contributed by atoms with Crippen LogP contribution in [-0.2, 0) is 16.0 Å². The topological polar surface area (TPSA) is 67.4 Å². The van der Waals surface area contributed by atoms with E-state index in [9.17, 15) is 9.59 Å². The molecule has 2 N–H and O–H groups in total. The first-order valence-electron chi connectivity index (χ1n) is 8.42. The monoisotopic (exact) mass is 334 g/mol. The number of rotatable bonds is 8. The molecule has 0 spiro atoms. The quantitative estimate of drug-likeness (QED) is 0.718. The summed E-state index contributed by atoms with van der Waals surface area (Å²) in [7, 11) is 1.65. The van der Waals surface area contributed by atoms with Gasteiger partial charge in [-0.15, -0.1) is 0 Å². The van der Waals surface area contributed by atoms with Crippen molar-refractivity contribution in [2.24, 2.45) is 5.41 Å². The van der Waals surface area contributed by atoms with Crippen molar-refractivity contribution in [3.05, 3.63) is 29.3 Å². The van der Waals surface area contributed by atoms with Crippen LogP contribution in [0.3, 0.4) is 0 Å². The highest BCUT2D eigenvalue weighted by Gasteiger charge is 2.20. The molecule has 1 aromatic carbocycles. The largest absolute Gasteiger partial charge is 0.496 e. The highest BCUT2D eigenvalue weighted by molar-refractivity contribution is 5.81. The lowest BCUT2D eigenvalue weighted by atomic mass is 9.96. The summed E-state index contributed by atoms with van der Waals surface area (Å²) >= 11 is 0. The van der Waals surface area contributed by atoms with Crippen molar-refractivity contribution in [2.45, 2.75) is 47.0 Å². The minimum Gasteiger partial charge on any atom is -0.496 e. The zero-order chi connectivity index (χ0) is 18.2. The summed E-state index contributed by atoms with van der Waals surface area (Å²) < 4.78 is 5.33. The number of benzene rings is 1. The maximum absolute atomic E-state index is 11.8. The van der Waals surface area contributed by atoms with Crippen LogP contribution in [0.1, 0.15) is 44.7 Å². The first-order valence-corrected chi connectivity index (χ1v) is 8.42. The molecule has 0 fully saturated rings. The minimum absolute atomic E-state index is 0.00614. The van der Waals surface area contributed by atoms with Crippen LogP contribution in [0, 0.1) is 12.3 Å². The molecule has 24 heavy (non-hydrogen) atoms. The molecule has 134 valence electrons. The summed E-state index contributed by atoms with van der Waals surface area (Å²) in [6.45, 7) is 8.74. The zero-order valence-corrected chi connectivity index (χ0v) is 15.5. The van der Waals surface area contributed by atoms with Crippen molar-refractivity contribution in [1.82, 2.24) is 10.6 Å². The van der Waals surface area contributed by atoms with Gasteiger partial charge in [0, 0.05) is 24.9 Å². The van der Waals surface area contributed by atoms with Crippen LogP contribution >= 0.6 is 0 Å². The predicted molar refractivity (Wildman–Crippen MR) is 96.1 cm³/mol. The summed E-state index contributed by atoms with van der Waals surface area (Å²) in [4.78, 5) is 23.5. The van der Waals surface area contributed by atoms with E-state index < -0.39 is 5.41 Å². The molecule has 0 saturated carbocycles. The smallest absolute Gasteiger partial charge is 0.225 e. The van der Waals surface area contributed by atoms with E-state index in [2.05, 4.69) is 16.7 Å². The van der Waals surface area contributed by atoms with Crippen molar-refractivity contribution in [3.8, 4) is 5.75 Å². The number of methoxy groups -OCH3 is 1. The Morgan fingerprint density at radius 3 is 2.46 bits per heavy atom. The maximum atomic E-state index is 11.8. The third kappa shape index (κ3) is 7.02. The molecular formula is C19H30N2O3. The van der Waals surface area contributed by atoms with E-state index in [1.165, 1.54) is 5.56 Å². The minimum atomic E-state index is -0.394. The van der Waals surface area contributed by atoms with E-state index in [1.54, 1.807) is 7.11 Å². The van der Waals surface area contributed by atoms with E-state index >= 15 is 0 Å². The molecule has 0 aliphatic carbocycles. The molecule has 0 aromatic heterocycles. The van der Waals surface area contributed by atoms with Crippen LogP contribution in [0.25, 0.3) is 0 Å². The molecule has 0 atom stereocenters. The molecule has 5 nitrogen and oxygen atoms in total. The molecule has 5 heteroatoms. The highest BCUT2D eigenvalue weighted by Crippen LogP contribution is 2.19. The molecule has 1 aromatic rings. The Kier molecular flexibility index (Phi) is 7.75. The fraction of sp³-hybridized carbons (Fsp3) is 0.579. The van der Waals surface area contributed by atoms with Gasteiger partial charge < -0.3 is 15.4 Å². The number of hydrogen-bond donors (Lipinski definition) is 2. The Bertz CT molecular complexity index is 562. The van der Waals surface area contributed by atoms with Gasteiger partial charge in [-0.2, -0.15) is 0 Å². The van der Waals surface area contributed by atoms with Crippen LogP contribution in [0.5, 0.6) is 5.75 Å². The second kappa shape index (κ2) is 9.30. The fourth-order valence-electron chi connectivity index (χ4n) is 2.24. The molecule has 0 aliphatic rings. The Morgan fingerprint density at radius 1 is 1.12 bits per heavy atom. The van der Waals surface area contributed by atoms with Crippen molar-refractivity contribution >= 4 is 11.8 Å². The van der Waals surface area contributed by atoms with Gasteiger partial charge in [0.15, 0.2) is 0 Å². The SMILES string of the molecule is COc1ccc(C)cc1CCNC(=O)CCCNC(=O)C(C)(C)C. The van der Waals surface area contributed by atoms with E-state index in [1.807, 2.05) is 39.8 Å². The standard InChI is InChI=1S/C19H30N2O3/c1-14-8-9-16(24-5)15(13-14)10-12-20-17(22)7-6-11-21-18(23)19(2,3)4/h8-9,13H,6-7,10-12H2,1-5H3,(H,20,22)(H,21,23).